The fourth-order valence-electron chi connectivity index (χ4n) is 4.05. The van der Waals surface area contributed by atoms with Crippen molar-refractivity contribution in [2.75, 3.05) is 19.6 Å². The second-order valence-electron chi connectivity index (χ2n) is 10.3. The molecule has 216 valence electrons. The summed E-state index contributed by atoms with van der Waals surface area (Å²) in [6.07, 6.45) is 1.78. The Labute approximate surface area is 223 Å². The summed E-state index contributed by atoms with van der Waals surface area (Å²) in [5.41, 5.74) is 16.5. The molecule has 4 atom stereocenters. The number of hydrogen-bond acceptors (Lipinski definition) is 7. The molecular weight excluding hydrogens is 496 g/mol. The number of carboxylic acid groups (broad SMARTS) is 1. The van der Waals surface area contributed by atoms with Crippen LogP contribution in [0.25, 0.3) is 0 Å². The van der Waals surface area contributed by atoms with E-state index in [-0.39, 0.29) is 43.1 Å². The quantitative estimate of drug-likeness (QED) is 0.0706. The standard InChI is InChI=1S/C24H44N8O6/c1-13(2)11-16(20(34)31-15(23(37)38)7-5-9-28-24(26)27)30-18(33)12-29-21(35)17-8-6-10-32(17)22(36)19(25)14(3)4/h13-17,19H,5-12,25H2,1-4H3,(H,29,35)(H,30,33)(H,31,34)(H,37,38)(H4,26,27,28)/t15-,16-,17-,19-/m0/s1. The number of likely N-dealkylation sites (tertiary alicyclic amines) is 1. The second kappa shape index (κ2) is 15.7. The van der Waals surface area contributed by atoms with Crippen LogP contribution in [0.15, 0.2) is 4.99 Å². The first-order chi connectivity index (χ1) is 17.7. The summed E-state index contributed by atoms with van der Waals surface area (Å²) in [7, 11) is 0. The summed E-state index contributed by atoms with van der Waals surface area (Å²) in [4.78, 5) is 67.7. The highest BCUT2D eigenvalue weighted by molar-refractivity contribution is 5.94. The number of amides is 4. The van der Waals surface area contributed by atoms with E-state index in [0.29, 0.717) is 25.8 Å². The van der Waals surface area contributed by atoms with Gasteiger partial charge in [0.25, 0.3) is 0 Å². The number of rotatable bonds is 15. The van der Waals surface area contributed by atoms with Crippen LogP contribution in [0.3, 0.4) is 0 Å². The predicted molar refractivity (Wildman–Crippen MR) is 141 cm³/mol. The van der Waals surface area contributed by atoms with Gasteiger partial charge in [0, 0.05) is 13.1 Å². The maximum Gasteiger partial charge on any atom is 0.326 e. The van der Waals surface area contributed by atoms with Crippen molar-refractivity contribution >= 4 is 35.6 Å². The van der Waals surface area contributed by atoms with E-state index in [0.717, 1.165) is 0 Å². The maximum absolute atomic E-state index is 12.9. The Balaban J connectivity index is 2.72. The first kappa shape index (κ1) is 32.6. The van der Waals surface area contributed by atoms with Crippen LogP contribution in [0, 0.1) is 11.8 Å². The minimum atomic E-state index is -1.22. The largest absolute Gasteiger partial charge is 0.480 e. The molecule has 0 spiro atoms. The molecule has 38 heavy (non-hydrogen) atoms. The lowest BCUT2D eigenvalue weighted by atomic mass is 10.0. The molecule has 14 nitrogen and oxygen atoms in total. The van der Waals surface area contributed by atoms with Gasteiger partial charge in [0.2, 0.25) is 23.6 Å². The Morgan fingerprint density at radius 3 is 2.26 bits per heavy atom. The predicted octanol–water partition coefficient (Wildman–Crippen LogP) is -1.77. The Morgan fingerprint density at radius 1 is 1.05 bits per heavy atom. The fourth-order valence-corrected chi connectivity index (χ4v) is 4.05. The van der Waals surface area contributed by atoms with Crippen molar-refractivity contribution in [1.29, 1.82) is 0 Å². The van der Waals surface area contributed by atoms with Crippen LogP contribution >= 0.6 is 0 Å². The summed E-state index contributed by atoms with van der Waals surface area (Å²) in [5, 5.41) is 17.0. The molecule has 0 radical (unpaired) electrons. The summed E-state index contributed by atoms with van der Waals surface area (Å²) in [6, 6.07) is -3.63. The molecule has 10 N–H and O–H groups in total. The Morgan fingerprint density at radius 2 is 1.71 bits per heavy atom. The average molecular weight is 541 g/mol. The van der Waals surface area contributed by atoms with Crippen LogP contribution in [0.5, 0.6) is 0 Å². The van der Waals surface area contributed by atoms with Gasteiger partial charge < -0.3 is 43.2 Å². The number of carbonyl (C=O) groups is 5. The number of aliphatic carboxylic acids is 1. The van der Waals surface area contributed by atoms with Crippen molar-refractivity contribution in [2.45, 2.75) is 84.0 Å². The van der Waals surface area contributed by atoms with Gasteiger partial charge in [-0.1, -0.05) is 27.7 Å². The highest BCUT2D eigenvalue weighted by atomic mass is 16.4. The zero-order valence-electron chi connectivity index (χ0n) is 22.7. The molecule has 0 bridgehead atoms. The molecule has 0 saturated carbocycles. The van der Waals surface area contributed by atoms with Gasteiger partial charge in [-0.3, -0.25) is 24.2 Å². The van der Waals surface area contributed by atoms with E-state index < -0.39 is 54.4 Å². The van der Waals surface area contributed by atoms with Gasteiger partial charge in [-0.05, 0) is 43.9 Å². The van der Waals surface area contributed by atoms with E-state index in [1.807, 2.05) is 27.7 Å². The van der Waals surface area contributed by atoms with E-state index in [4.69, 9.17) is 17.2 Å². The number of nitrogens with zero attached hydrogens (tertiary/aromatic N) is 2. The molecule has 1 aliphatic heterocycles. The molecule has 0 aromatic carbocycles. The minimum absolute atomic E-state index is 0.00834. The first-order valence-corrected chi connectivity index (χ1v) is 13.0. The number of nitrogens with two attached hydrogens (primary N) is 3. The van der Waals surface area contributed by atoms with Crippen molar-refractivity contribution in [3.63, 3.8) is 0 Å². The number of aliphatic imine (C=N–C) groups is 1. The molecule has 0 aliphatic carbocycles. The van der Waals surface area contributed by atoms with E-state index in [1.54, 1.807) is 0 Å². The summed E-state index contributed by atoms with van der Waals surface area (Å²) in [5.74, 6) is -3.46. The monoisotopic (exact) mass is 540 g/mol. The smallest absolute Gasteiger partial charge is 0.326 e. The van der Waals surface area contributed by atoms with Gasteiger partial charge in [0.15, 0.2) is 5.96 Å². The molecule has 14 heteroatoms. The topological polar surface area (TPSA) is 235 Å². The van der Waals surface area contributed by atoms with Crippen LogP contribution in [0.4, 0.5) is 0 Å². The SMILES string of the molecule is CC(C)C[C@H](NC(=O)CNC(=O)[C@@H]1CCCN1C(=O)[C@@H](N)C(C)C)C(=O)N[C@@H](CCCN=C(N)N)C(=O)O. The van der Waals surface area contributed by atoms with Crippen molar-refractivity contribution in [3.05, 3.63) is 0 Å². The van der Waals surface area contributed by atoms with E-state index in [1.165, 1.54) is 4.90 Å². The third-order valence-corrected chi connectivity index (χ3v) is 6.18. The summed E-state index contributed by atoms with van der Waals surface area (Å²) < 4.78 is 0. The average Bonchev–Trinajstić information content (AvgIpc) is 3.32. The molecule has 1 fully saturated rings. The normalized spacial score (nSPS) is 17.4. The van der Waals surface area contributed by atoms with Gasteiger partial charge in [0.05, 0.1) is 12.6 Å². The Hall–Kier alpha value is -3.42. The van der Waals surface area contributed by atoms with E-state index in [2.05, 4.69) is 20.9 Å². The fraction of sp³-hybridized carbons (Fsp3) is 0.750. The number of guanidine groups is 1. The van der Waals surface area contributed by atoms with Crippen molar-refractivity contribution in [2.24, 2.45) is 34.0 Å². The highest BCUT2D eigenvalue weighted by Gasteiger charge is 2.37. The molecule has 1 heterocycles. The van der Waals surface area contributed by atoms with Crippen LogP contribution in [-0.4, -0.2) is 89.4 Å². The van der Waals surface area contributed by atoms with Crippen LogP contribution in [0.1, 0.15) is 59.8 Å². The van der Waals surface area contributed by atoms with Crippen molar-refractivity contribution < 1.29 is 29.1 Å². The molecular formula is C24H44N8O6. The zero-order valence-corrected chi connectivity index (χ0v) is 22.7. The number of carbonyl (C=O) groups excluding carboxylic acids is 4. The van der Waals surface area contributed by atoms with E-state index in [9.17, 15) is 29.1 Å². The summed E-state index contributed by atoms with van der Waals surface area (Å²) >= 11 is 0. The highest BCUT2D eigenvalue weighted by Crippen LogP contribution is 2.19. The van der Waals surface area contributed by atoms with E-state index >= 15 is 0 Å². The lowest BCUT2D eigenvalue weighted by molar-refractivity contribution is -0.142. The molecule has 0 aromatic rings. The molecule has 1 saturated heterocycles. The minimum Gasteiger partial charge on any atom is -0.480 e. The van der Waals surface area contributed by atoms with Gasteiger partial charge in [-0.2, -0.15) is 0 Å². The third-order valence-electron chi connectivity index (χ3n) is 6.18. The zero-order chi connectivity index (χ0) is 29.0. The number of carboxylic acids is 1. The van der Waals surface area contributed by atoms with Gasteiger partial charge in [0.1, 0.15) is 18.1 Å². The van der Waals surface area contributed by atoms with Crippen LogP contribution < -0.4 is 33.2 Å². The lowest BCUT2D eigenvalue weighted by Crippen LogP contribution is -2.55. The Kier molecular flexibility index (Phi) is 13.5. The van der Waals surface area contributed by atoms with Crippen molar-refractivity contribution in [3.8, 4) is 0 Å². The third kappa shape index (κ3) is 10.9. The molecule has 1 aliphatic rings. The first-order valence-electron chi connectivity index (χ1n) is 13.0. The lowest BCUT2D eigenvalue weighted by Gasteiger charge is -2.28. The van der Waals surface area contributed by atoms with Crippen molar-refractivity contribution in [1.82, 2.24) is 20.9 Å². The number of hydrogen-bond donors (Lipinski definition) is 7. The van der Waals surface area contributed by atoms with Gasteiger partial charge in [-0.15, -0.1) is 0 Å². The summed E-state index contributed by atoms with van der Waals surface area (Å²) in [6.45, 7) is 7.58. The van der Waals surface area contributed by atoms with Gasteiger partial charge in [-0.25, -0.2) is 4.79 Å². The maximum atomic E-state index is 12.9. The molecule has 0 unspecified atom stereocenters. The van der Waals surface area contributed by atoms with Crippen LogP contribution in [-0.2, 0) is 24.0 Å². The Bertz CT molecular complexity index is 874. The second-order valence-corrected chi connectivity index (χ2v) is 10.3. The van der Waals surface area contributed by atoms with Gasteiger partial charge >= 0.3 is 5.97 Å². The van der Waals surface area contributed by atoms with Crippen LogP contribution in [0.2, 0.25) is 0 Å². The number of nitrogens with one attached hydrogen (secondary N) is 3. The molecule has 1 rings (SSSR count). The molecule has 0 aromatic heterocycles. The molecule has 4 amide bonds.